The van der Waals surface area contributed by atoms with Crippen LogP contribution in [0.5, 0.6) is 5.75 Å². The summed E-state index contributed by atoms with van der Waals surface area (Å²) >= 11 is 6.00. The van der Waals surface area contributed by atoms with E-state index in [1.165, 1.54) is 0 Å². The van der Waals surface area contributed by atoms with Crippen molar-refractivity contribution >= 4 is 23.2 Å². The molecule has 0 bridgehead atoms. The van der Waals surface area contributed by atoms with E-state index in [1.807, 2.05) is 44.2 Å². The van der Waals surface area contributed by atoms with Gasteiger partial charge in [0.25, 0.3) is 5.91 Å². The molecule has 0 saturated carbocycles. The monoisotopic (exact) mass is 358 g/mol. The van der Waals surface area contributed by atoms with Crippen molar-refractivity contribution in [1.29, 1.82) is 0 Å². The molecule has 2 rings (SSSR count). The van der Waals surface area contributed by atoms with Gasteiger partial charge in [0.1, 0.15) is 12.4 Å². The van der Waals surface area contributed by atoms with Crippen LogP contribution >= 0.6 is 11.6 Å². The van der Waals surface area contributed by atoms with E-state index in [1.54, 1.807) is 12.1 Å². The van der Waals surface area contributed by atoms with Gasteiger partial charge in [-0.25, -0.2) is 5.43 Å². The molecule has 1 N–H and O–H groups in total. The number of halogens is 1. The summed E-state index contributed by atoms with van der Waals surface area (Å²) in [6.45, 7) is 6.35. The Hall–Kier alpha value is -2.33. The summed E-state index contributed by atoms with van der Waals surface area (Å²) in [5.41, 5.74) is 6.02. The minimum Gasteiger partial charge on any atom is -0.489 e. The Morgan fingerprint density at radius 2 is 1.92 bits per heavy atom. The van der Waals surface area contributed by atoms with Gasteiger partial charge in [0.05, 0.1) is 0 Å². The molecular formula is C20H23ClN2O2. The highest BCUT2D eigenvalue weighted by atomic mass is 35.5. The fraction of sp³-hybridized carbons (Fsp3) is 0.300. The average Bonchev–Trinajstić information content (AvgIpc) is 2.61. The molecule has 0 atom stereocenters. The molecule has 1 amide bonds. The SMILES string of the molecule is CCC/C(C)=N\NC(=O)c1ccc(COc2ccc(Cl)c(C)c2)cc1. The molecular weight excluding hydrogens is 336 g/mol. The van der Waals surface area contributed by atoms with Crippen molar-refractivity contribution in [3.8, 4) is 5.75 Å². The summed E-state index contributed by atoms with van der Waals surface area (Å²) in [5, 5.41) is 4.81. The number of benzene rings is 2. The van der Waals surface area contributed by atoms with Gasteiger partial charge in [0.15, 0.2) is 0 Å². The zero-order chi connectivity index (χ0) is 18.2. The Morgan fingerprint density at radius 1 is 1.20 bits per heavy atom. The second-order valence-electron chi connectivity index (χ2n) is 5.93. The third kappa shape index (κ3) is 5.91. The number of hydrogen-bond donors (Lipinski definition) is 1. The molecule has 0 aliphatic rings. The van der Waals surface area contributed by atoms with Crippen molar-refractivity contribution in [3.05, 3.63) is 64.2 Å². The third-order valence-corrected chi connectivity index (χ3v) is 4.14. The maximum atomic E-state index is 12.1. The van der Waals surface area contributed by atoms with Gasteiger partial charge in [0.2, 0.25) is 0 Å². The normalized spacial score (nSPS) is 11.3. The van der Waals surface area contributed by atoms with E-state index in [9.17, 15) is 4.79 Å². The topological polar surface area (TPSA) is 50.7 Å². The molecule has 0 aromatic heterocycles. The number of hydrogen-bond acceptors (Lipinski definition) is 3. The van der Waals surface area contributed by atoms with E-state index >= 15 is 0 Å². The van der Waals surface area contributed by atoms with Crippen LogP contribution in [0.15, 0.2) is 47.6 Å². The Bertz CT molecular complexity index is 755. The maximum Gasteiger partial charge on any atom is 0.271 e. The van der Waals surface area contributed by atoms with Crippen LogP contribution in [0.4, 0.5) is 0 Å². The predicted octanol–water partition coefficient (Wildman–Crippen LogP) is 5.13. The smallest absolute Gasteiger partial charge is 0.271 e. The van der Waals surface area contributed by atoms with Gasteiger partial charge < -0.3 is 4.74 Å². The lowest BCUT2D eigenvalue weighted by Crippen LogP contribution is -2.19. The number of hydrazone groups is 1. The Morgan fingerprint density at radius 3 is 2.56 bits per heavy atom. The van der Waals surface area contributed by atoms with Gasteiger partial charge >= 0.3 is 0 Å². The molecule has 0 heterocycles. The zero-order valence-corrected chi connectivity index (χ0v) is 15.6. The highest BCUT2D eigenvalue weighted by Crippen LogP contribution is 2.21. The Labute approximate surface area is 153 Å². The van der Waals surface area contributed by atoms with Crippen molar-refractivity contribution < 1.29 is 9.53 Å². The predicted molar refractivity (Wildman–Crippen MR) is 102 cm³/mol. The van der Waals surface area contributed by atoms with Gasteiger partial charge in [-0.2, -0.15) is 5.10 Å². The molecule has 5 heteroatoms. The van der Waals surface area contributed by atoms with E-state index in [4.69, 9.17) is 16.3 Å². The fourth-order valence-corrected chi connectivity index (χ4v) is 2.37. The molecule has 0 spiro atoms. The third-order valence-electron chi connectivity index (χ3n) is 3.71. The lowest BCUT2D eigenvalue weighted by Gasteiger charge is -2.08. The summed E-state index contributed by atoms with van der Waals surface area (Å²) in [5.74, 6) is 0.556. The summed E-state index contributed by atoms with van der Waals surface area (Å²) in [6.07, 6.45) is 1.88. The molecule has 2 aromatic carbocycles. The zero-order valence-electron chi connectivity index (χ0n) is 14.8. The lowest BCUT2D eigenvalue weighted by atomic mass is 10.1. The number of carbonyl (C=O) groups excluding carboxylic acids is 1. The Kier molecular flexibility index (Phi) is 7.02. The maximum absolute atomic E-state index is 12.1. The van der Waals surface area contributed by atoms with Crippen molar-refractivity contribution in [2.75, 3.05) is 0 Å². The first-order valence-corrected chi connectivity index (χ1v) is 8.68. The number of ether oxygens (including phenoxy) is 1. The highest BCUT2D eigenvalue weighted by Gasteiger charge is 2.05. The molecule has 0 aliphatic carbocycles. The highest BCUT2D eigenvalue weighted by molar-refractivity contribution is 6.31. The molecule has 25 heavy (non-hydrogen) atoms. The first-order chi connectivity index (χ1) is 12.0. The van der Waals surface area contributed by atoms with Crippen LogP contribution in [-0.4, -0.2) is 11.6 Å². The molecule has 2 aromatic rings. The molecule has 0 fully saturated rings. The van der Waals surface area contributed by atoms with Crippen molar-refractivity contribution in [1.82, 2.24) is 5.43 Å². The molecule has 0 saturated heterocycles. The van der Waals surface area contributed by atoms with Crippen LogP contribution in [-0.2, 0) is 6.61 Å². The van der Waals surface area contributed by atoms with Crippen LogP contribution in [0.25, 0.3) is 0 Å². The van der Waals surface area contributed by atoms with E-state index in [2.05, 4.69) is 17.5 Å². The van der Waals surface area contributed by atoms with Crippen LogP contribution in [0.1, 0.15) is 48.2 Å². The van der Waals surface area contributed by atoms with E-state index in [-0.39, 0.29) is 5.91 Å². The minimum absolute atomic E-state index is 0.212. The number of aryl methyl sites for hydroxylation is 1. The van der Waals surface area contributed by atoms with E-state index in [0.29, 0.717) is 12.2 Å². The minimum atomic E-state index is -0.212. The summed E-state index contributed by atoms with van der Waals surface area (Å²) in [6, 6.07) is 12.9. The number of nitrogens with zero attached hydrogens (tertiary/aromatic N) is 1. The van der Waals surface area contributed by atoms with E-state index < -0.39 is 0 Å². The van der Waals surface area contributed by atoms with Crippen LogP contribution < -0.4 is 10.2 Å². The molecule has 0 unspecified atom stereocenters. The van der Waals surface area contributed by atoms with Gasteiger partial charge in [0, 0.05) is 16.3 Å². The number of rotatable bonds is 7. The first-order valence-electron chi connectivity index (χ1n) is 8.31. The van der Waals surface area contributed by atoms with Crippen LogP contribution in [0.2, 0.25) is 5.02 Å². The van der Waals surface area contributed by atoms with Gasteiger partial charge in [-0.1, -0.05) is 37.1 Å². The second-order valence-corrected chi connectivity index (χ2v) is 6.34. The molecule has 0 aliphatic heterocycles. The molecule has 4 nitrogen and oxygen atoms in total. The summed E-state index contributed by atoms with van der Waals surface area (Å²) in [7, 11) is 0. The van der Waals surface area contributed by atoms with Gasteiger partial charge in [-0.3, -0.25) is 4.79 Å². The number of carbonyl (C=O) groups is 1. The van der Waals surface area contributed by atoms with Crippen LogP contribution in [0.3, 0.4) is 0 Å². The summed E-state index contributed by atoms with van der Waals surface area (Å²) < 4.78 is 5.75. The first kappa shape index (κ1) is 19.0. The average molecular weight is 359 g/mol. The lowest BCUT2D eigenvalue weighted by molar-refractivity contribution is 0.0954. The quantitative estimate of drug-likeness (QED) is 0.550. The second kappa shape index (κ2) is 9.23. The molecule has 0 radical (unpaired) electrons. The number of nitrogens with one attached hydrogen (secondary N) is 1. The van der Waals surface area contributed by atoms with E-state index in [0.717, 1.165) is 40.5 Å². The standard InChI is InChI=1S/C20H23ClN2O2/c1-4-5-15(3)22-23-20(24)17-8-6-16(7-9-17)13-25-18-10-11-19(21)14(2)12-18/h6-12H,4-5,13H2,1-3H3,(H,23,24)/b22-15-. The van der Waals surface area contributed by atoms with Crippen molar-refractivity contribution in [2.45, 2.75) is 40.2 Å². The van der Waals surface area contributed by atoms with Crippen LogP contribution in [0, 0.1) is 6.92 Å². The fourth-order valence-electron chi connectivity index (χ4n) is 2.25. The molecule has 132 valence electrons. The summed E-state index contributed by atoms with van der Waals surface area (Å²) in [4.78, 5) is 12.1. The van der Waals surface area contributed by atoms with Crippen molar-refractivity contribution in [3.63, 3.8) is 0 Å². The van der Waals surface area contributed by atoms with Gasteiger partial charge in [-0.05, 0) is 61.7 Å². The largest absolute Gasteiger partial charge is 0.489 e. The van der Waals surface area contributed by atoms with Gasteiger partial charge in [-0.15, -0.1) is 0 Å². The van der Waals surface area contributed by atoms with Crippen molar-refractivity contribution in [2.24, 2.45) is 5.10 Å². The Balaban J connectivity index is 1.91. The number of amides is 1.